The summed E-state index contributed by atoms with van der Waals surface area (Å²) in [6.07, 6.45) is 0. The van der Waals surface area contributed by atoms with Crippen molar-refractivity contribution in [3.63, 3.8) is 0 Å². The van der Waals surface area contributed by atoms with E-state index in [1.165, 1.54) is 4.31 Å². The zero-order chi connectivity index (χ0) is 9.03. The van der Waals surface area contributed by atoms with Crippen molar-refractivity contribution in [1.29, 1.82) is 0 Å². The number of hydrogen-bond donors (Lipinski definition) is 3. The van der Waals surface area contributed by atoms with Crippen LogP contribution in [-0.2, 0) is 10.2 Å². The van der Waals surface area contributed by atoms with Gasteiger partial charge in [0.05, 0.1) is 0 Å². The van der Waals surface area contributed by atoms with Crippen molar-refractivity contribution in [3.05, 3.63) is 0 Å². The largest absolute Gasteiger partial charge is 0.380 e. The average Bonchev–Trinajstić information content (AvgIpc) is 2.06. The molecule has 6 nitrogen and oxygen atoms in total. The standard InChI is InChI=1S/C5H13N3O3S/c9-5-7-12(10,11)8-3-1-6-2-4-8/h6-7,9H,1-5H2. The van der Waals surface area contributed by atoms with Crippen molar-refractivity contribution in [3.8, 4) is 0 Å². The maximum atomic E-state index is 11.2. The van der Waals surface area contributed by atoms with Crippen LogP contribution in [0.15, 0.2) is 0 Å². The second-order valence-corrected chi connectivity index (χ2v) is 4.21. The first-order valence-corrected chi connectivity index (χ1v) is 5.17. The van der Waals surface area contributed by atoms with Crippen LogP contribution in [0.25, 0.3) is 0 Å². The molecule has 0 atom stereocenters. The zero-order valence-electron chi connectivity index (χ0n) is 6.65. The predicted octanol–water partition coefficient (Wildman–Crippen LogP) is -2.32. The van der Waals surface area contributed by atoms with E-state index in [1.807, 2.05) is 4.72 Å². The van der Waals surface area contributed by atoms with Crippen LogP contribution < -0.4 is 10.0 Å². The van der Waals surface area contributed by atoms with E-state index >= 15 is 0 Å². The molecule has 1 aliphatic rings. The van der Waals surface area contributed by atoms with E-state index in [-0.39, 0.29) is 0 Å². The summed E-state index contributed by atoms with van der Waals surface area (Å²) in [6, 6.07) is 0. The van der Waals surface area contributed by atoms with Crippen molar-refractivity contribution in [2.75, 3.05) is 32.9 Å². The Kier molecular flexibility index (Phi) is 3.41. The first-order valence-electron chi connectivity index (χ1n) is 3.73. The molecule has 3 N–H and O–H groups in total. The number of rotatable bonds is 3. The van der Waals surface area contributed by atoms with Gasteiger partial charge in [0.25, 0.3) is 10.2 Å². The summed E-state index contributed by atoms with van der Waals surface area (Å²) in [5.41, 5.74) is 0. The summed E-state index contributed by atoms with van der Waals surface area (Å²) in [4.78, 5) is 0. The van der Waals surface area contributed by atoms with Crippen molar-refractivity contribution in [2.24, 2.45) is 0 Å². The summed E-state index contributed by atoms with van der Waals surface area (Å²) in [5, 5.41) is 11.4. The molecule has 0 amide bonds. The molecule has 72 valence electrons. The molecule has 0 saturated carbocycles. The van der Waals surface area contributed by atoms with E-state index in [0.717, 1.165) is 0 Å². The average molecular weight is 195 g/mol. The van der Waals surface area contributed by atoms with E-state index in [1.54, 1.807) is 0 Å². The highest BCUT2D eigenvalue weighted by atomic mass is 32.2. The van der Waals surface area contributed by atoms with Gasteiger partial charge in [-0.25, -0.2) is 0 Å². The number of aliphatic hydroxyl groups is 1. The molecule has 0 bridgehead atoms. The van der Waals surface area contributed by atoms with E-state index < -0.39 is 16.9 Å². The van der Waals surface area contributed by atoms with Crippen LogP contribution in [0.5, 0.6) is 0 Å². The van der Waals surface area contributed by atoms with Crippen LogP contribution >= 0.6 is 0 Å². The molecule has 0 aliphatic carbocycles. The highest BCUT2D eigenvalue weighted by molar-refractivity contribution is 7.87. The van der Waals surface area contributed by atoms with Gasteiger partial charge in [0.15, 0.2) is 0 Å². The minimum Gasteiger partial charge on any atom is -0.380 e. The molecule has 1 saturated heterocycles. The summed E-state index contributed by atoms with van der Waals surface area (Å²) in [6.45, 7) is 1.68. The molecule has 12 heavy (non-hydrogen) atoms. The lowest BCUT2D eigenvalue weighted by atomic mass is 10.4. The maximum absolute atomic E-state index is 11.2. The maximum Gasteiger partial charge on any atom is 0.281 e. The van der Waals surface area contributed by atoms with Gasteiger partial charge in [-0.2, -0.15) is 17.4 Å². The van der Waals surface area contributed by atoms with Gasteiger partial charge >= 0.3 is 0 Å². The molecule has 0 radical (unpaired) electrons. The molecule has 7 heteroatoms. The smallest absolute Gasteiger partial charge is 0.281 e. The fourth-order valence-corrected chi connectivity index (χ4v) is 2.07. The van der Waals surface area contributed by atoms with E-state index in [2.05, 4.69) is 5.32 Å². The molecule has 1 fully saturated rings. The normalized spacial score (nSPS) is 21.1. The molecule has 0 aromatic heterocycles. The van der Waals surface area contributed by atoms with Crippen LogP contribution in [-0.4, -0.2) is 50.7 Å². The van der Waals surface area contributed by atoms with Gasteiger partial charge in [-0.05, 0) is 0 Å². The molecular formula is C5H13N3O3S. The molecule has 0 aromatic rings. The van der Waals surface area contributed by atoms with E-state index in [9.17, 15) is 8.42 Å². The van der Waals surface area contributed by atoms with Crippen LogP contribution in [0.1, 0.15) is 0 Å². The lowest BCUT2D eigenvalue weighted by molar-refractivity contribution is 0.277. The molecule has 0 spiro atoms. The van der Waals surface area contributed by atoms with Crippen LogP contribution in [0.2, 0.25) is 0 Å². The second kappa shape index (κ2) is 4.15. The van der Waals surface area contributed by atoms with E-state index in [4.69, 9.17) is 5.11 Å². The summed E-state index contributed by atoms with van der Waals surface area (Å²) >= 11 is 0. The number of aliphatic hydroxyl groups excluding tert-OH is 1. The fraction of sp³-hybridized carbons (Fsp3) is 1.00. The first-order chi connectivity index (χ1) is 5.67. The van der Waals surface area contributed by atoms with Crippen molar-refractivity contribution < 1.29 is 13.5 Å². The Morgan fingerprint density at radius 3 is 2.50 bits per heavy atom. The van der Waals surface area contributed by atoms with Crippen molar-refractivity contribution in [1.82, 2.24) is 14.3 Å². The van der Waals surface area contributed by atoms with Gasteiger partial charge in [0.2, 0.25) is 0 Å². The minimum atomic E-state index is -3.44. The van der Waals surface area contributed by atoms with Crippen LogP contribution in [0.4, 0.5) is 0 Å². The third-order valence-corrected chi connectivity index (χ3v) is 3.20. The van der Waals surface area contributed by atoms with Crippen molar-refractivity contribution in [2.45, 2.75) is 0 Å². The Hall–Kier alpha value is -0.210. The lowest BCUT2D eigenvalue weighted by Gasteiger charge is -2.26. The molecule has 0 unspecified atom stereocenters. The second-order valence-electron chi connectivity index (χ2n) is 2.46. The summed E-state index contributed by atoms with van der Waals surface area (Å²) in [5.74, 6) is 0. The highest BCUT2D eigenvalue weighted by Crippen LogP contribution is 1.98. The van der Waals surface area contributed by atoms with Gasteiger partial charge in [0.1, 0.15) is 6.73 Å². The molecular weight excluding hydrogens is 182 g/mol. The van der Waals surface area contributed by atoms with Gasteiger partial charge in [-0.15, -0.1) is 0 Å². The van der Waals surface area contributed by atoms with E-state index in [0.29, 0.717) is 26.2 Å². The highest BCUT2D eigenvalue weighted by Gasteiger charge is 2.22. The Morgan fingerprint density at radius 1 is 1.42 bits per heavy atom. The molecule has 1 rings (SSSR count). The van der Waals surface area contributed by atoms with Gasteiger partial charge in [-0.1, -0.05) is 0 Å². The summed E-state index contributed by atoms with van der Waals surface area (Å²) in [7, 11) is -3.44. The third kappa shape index (κ3) is 2.39. The zero-order valence-corrected chi connectivity index (χ0v) is 7.47. The number of piperazine rings is 1. The fourth-order valence-electron chi connectivity index (χ4n) is 1.06. The number of hydrogen-bond acceptors (Lipinski definition) is 4. The Bertz CT molecular complexity index is 222. The van der Waals surface area contributed by atoms with Gasteiger partial charge in [-0.3, -0.25) is 0 Å². The quantitative estimate of drug-likeness (QED) is 0.441. The Labute approximate surface area is 71.7 Å². The third-order valence-electron chi connectivity index (χ3n) is 1.66. The predicted molar refractivity (Wildman–Crippen MR) is 43.6 cm³/mol. The lowest BCUT2D eigenvalue weighted by Crippen LogP contribution is -2.50. The topological polar surface area (TPSA) is 81.7 Å². The van der Waals surface area contributed by atoms with Crippen molar-refractivity contribution >= 4 is 10.2 Å². The minimum absolute atomic E-state index is 0.454. The van der Waals surface area contributed by atoms with Crippen LogP contribution in [0, 0.1) is 0 Å². The SMILES string of the molecule is O=S(=O)(NCO)N1CCNCC1. The molecule has 1 aliphatic heterocycles. The van der Waals surface area contributed by atoms with Crippen LogP contribution in [0.3, 0.4) is 0 Å². The van der Waals surface area contributed by atoms with Gasteiger partial charge in [0, 0.05) is 26.2 Å². The number of nitrogens with zero attached hydrogens (tertiary/aromatic N) is 1. The molecule has 1 heterocycles. The summed E-state index contributed by atoms with van der Waals surface area (Å²) < 4.78 is 25.7. The number of nitrogens with one attached hydrogen (secondary N) is 2. The monoisotopic (exact) mass is 195 g/mol. The first kappa shape index (κ1) is 9.87. The van der Waals surface area contributed by atoms with Gasteiger partial charge < -0.3 is 10.4 Å². The Balaban J connectivity index is 2.54. The molecule has 0 aromatic carbocycles. The Morgan fingerprint density at radius 2 is 2.00 bits per heavy atom.